The highest BCUT2D eigenvalue weighted by molar-refractivity contribution is 9.10. The van der Waals surface area contributed by atoms with Gasteiger partial charge in [0.15, 0.2) is 0 Å². The summed E-state index contributed by atoms with van der Waals surface area (Å²) in [4.78, 5) is 12.5. The van der Waals surface area contributed by atoms with E-state index in [-0.39, 0.29) is 5.91 Å². The molecule has 1 heterocycles. The average molecular weight is 446 g/mol. The van der Waals surface area contributed by atoms with Crippen LogP contribution in [0.4, 0.5) is 0 Å². The molecule has 4 aromatic rings. The van der Waals surface area contributed by atoms with E-state index >= 15 is 0 Å². The molecule has 1 N–H and O–H groups in total. The van der Waals surface area contributed by atoms with Gasteiger partial charge in [-0.15, -0.1) is 0 Å². The van der Waals surface area contributed by atoms with Crippen LogP contribution < -0.4 is 5.32 Å². The lowest BCUT2D eigenvalue weighted by Crippen LogP contribution is -2.23. The van der Waals surface area contributed by atoms with Crippen molar-refractivity contribution < 1.29 is 4.79 Å². The minimum atomic E-state index is -0.0955. The van der Waals surface area contributed by atoms with Gasteiger partial charge in [0.2, 0.25) is 0 Å². The van der Waals surface area contributed by atoms with Crippen molar-refractivity contribution in [2.75, 3.05) is 0 Å². The second-order valence-electron chi connectivity index (χ2n) is 6.72. The summed E-state index contributed by atoms with van der Waals surface area (Å²) >= 11 is 3.44. The molecule has 0 aliphatic heterocycles. The molecule has 0 atom stereocenters. The summed E-state index contributed by atoms with van der Waals surface area (Å²) in [5, 5.41) is 7.28. The highest BCUT2D eigenvalue weighted by Gasteiger charge is 2.11. The molecule has 0 bridgehead atoms. The normalized spacial score (nSPS) is 10.7. The number of hydrogen-bond acceptors (Lipinski definition) is 2. The molecular weight excluding hydrogens is 426 g/mol. The van der Waals surface area contributed by atoms with Gasteiger partial charge in [-0.05, 0) is 56.4 Å². The molecule has 29 heavy (non-hydrogen) atoms. The van der Waals surface area contributed by atoms with Gasteiger partial charge in [0.1, 0.15) is 0 Å². The van der Waals surface area contributed by atoms with Gasteiger partial charge in [-0.1, -0.05) is 60.7 Å². The van der Waals surface area contributed by atoms with Crippen LogP contribution in [-0.2, 0) is 13.1 Å². The smallest absolute Gasteiger partial charge is 0.252 e. The number of rotatable bonds is 6. The van der Waals surface area contributed by atoms with Crippen LogP contribution in [-0.4, -0.2) is 15.7 Å². The Kier molecular flexibility index (Phi) is 5.86. The van der Waals surface area contributed by atoms with Crippen molar-refractivity contribution in [1.82, 2.24) is 15.1 Å². The van der Waals surface area contributed by atoms with Gasteiger partial charge in [0.05, 0.1) is 12.1 Å². The van der Waals surface area contributed by atoms with Gasteiger partial charge in [-0.3, -0.25) is 9.48 Å². The van der Waals surface area contributed by atoms with Crippen LogP contribution in [0, 0.1) is 0 Å². The van der Waals surface area contributed by atoms with Crippen LogP contribution in [0.2, 0.25) is 0 Å². The second kappa shape index (κ2) is 8.88. The number of nitrogens with zero attached hydrogens (tertiary/aromatic N) is 2. The molecule has 144 valence electrons. The highest BCUT2D eigenvalue weighted by Crippen LogP contribution is 2.24. The molecule has 1 amide bonds. The van der Waals surface area contributed by atoms with Crippen molar-refractivity contribution >= 4 is 21.8 Å². The molecule has 0 aliphatic rings. The molecular formula is C24H20BrN3O. The monoisotopic (exact) mass is 445 g/mol. The van der Waals surface area contributed by atoms with Crippen molar-refractivity contribution in [3.05, 3.63) is 112 Å². The maximum atomic E-state index is 12.5. The van der Waals surface area contributed by atoms with Gasteiger partial charge in [-0.2, -0.15) is 5.10 Å². The van der Waals surface area contributed by atoms with E-state index in [9.17, 15) is 4.79 Å². The number of aromatic nitrogens is 2. The van der Waals surface area contributed by atoms with E-state index in [1.807, 2.05) is 59.4 Å². The minimum absolute atomic E-state index is 0.0955. The van der Waals surface area contributed by atoms with Crippen molar-refractivity contribution in [2.45, 2.75) is 13.1 Å². The minimum Gasteiger partial charge on any atom is -0.348 e. The standard InChI is InChI=1S/C24H20BrN3O/c25-23-9-4-3-8-22(23)24(29)26-16-20-6-1-2-7-21(20)19-12-10-18(11-13-19)17-28-15-5-14-27-28/h1-15H,16-17H2,(H,26,29). The Balaban J connectivity index is 1.49. The summed E-state index contributed by atoms with van der Waals surface area (Å²) in [6, 6.07) is 26.0. The molecule has 1 aromatic heterocycles. The molecule has 0 spiro atoms. The van der Waals surface area contributed by atoms with Crippen molar-refractivity contribution in [3.8, 4) is 11.1 Å². The zero-order valence-corrected chi connectivity index (χ0v) is 17.3. The first-order chi connectivity index (χ1) is 14.2. The zero-order valence-electron chi connectivity index (χ0n) is 15.8. The fourth-order valence-corrected chi connectivity index (χ4v) is 3.71. The lowest BCUT2D eigenvalue weighted by Gasteiger charge is -2.12. The Labute approximate surface area is 178 Å². The Hall–Kier alpha value is -3.18. The fraction of sp³-hybridized carbons (Fsp3) is 0.0833. The molecule has 0 radical (unpaired) electrons. The predicted molar refractivity (Wildman–Crippen MR) is 119 cm³/mol. The molecule has 4 nitrogen and oxygen atoms in total. The topological polar surface area (TPSA) is 46.9 Å². The molecule has 3 aromatic carbocycles. The highest BCUT2D eigenvalue weighted by atomic mass is 79.9. The predicted octanol–water partition coefficient (Wildman–Crippen LogP) is 5.29. The third-order valence-corrected chi connectivity index (χ3v) is 5.44. The number of nitrogens with one attached hydrogen (secondary N) is 1. The molecule has 0 unspecified atom stereocenters. The zero-order chi connectivity index (χ0) is 20.1. The number of carbonyl (C=O) groups excluding carboxylic acids is 1. The third kappa shape index (κ3) is 4.63. The number of benzene rings is 3. The van der Waals surface area contributed by atoms with Crippen molar-refractivity contribution in [1.29, 1.82) is 0 Å². The Morgan fingerprint density at radius 2 is 1.69 bits per heavy atom. The van der Waals surface area contributed by atoms with E-state index in [0.717, 1.165) is 27.7 Å². The van der Waals surface area contributed by atoms with Crippen LogP contribution in [0.3, 0.4) is 0 Å². The molecule has 0 saturated heterocycles. The van der Waals surface area contributed by atoms with Crippen molar-refractivity contribution in [3.63, 3.8) is 0 Å². The maximum absolute atomic E-state index is 12.5. The fourth-order valence-electron chi connectivity index (χ4n) is 3.24. The SMILES string of the molecule is O=C(NCc1ccccc1-c1ccc(Cn2cccn2)cc1)c1ccccc1Br. The lowest BCUT2D eigenvalue weighted by atomic mass is 9.98. The average Bonchev–Trinajstić information content (AvgIpc) is 3.26. The van der Waals surface area contributed by atoms with Gasteiger partial charge in [0.25, 0.3) is 5.91 Å². The van der Waals surface area contributed by atoms with Crippen LogP contribution in [0.5, 0.6) is 0 Å². The van der Waals surface area contributed by atoms with Gasteiger partial charge in [-0.25, -0.2) is 0 Å². The largest absolute Gasteiger partial charge is 0.348 e. The number of halogens is 1. The maximum Gasteiger partial charge on any atom is 0.252 e. The van der Waals surface area contributed by atoms with E-state index in [1.54, 1.807) is 6.20 Å². The molecule has 4 rings (SSSR count). The number of hydrogen-bond donors (Lipinski definition) is 1. The molecule has 0 saturated carbocycles. The van der Waals surface area contributed by atoms with E-state index in [4.69, 9.17) is 0 Å². The first-order valence-corrected chi connectivity index (χ1v) is 10.2. The summed E-state index contributed by atoms with van der Waals surface area (Å²) in [5.41, 5.74) is 5.14. The van der Waals surface area contributed by atoms with Gasteiger partial charge in [0, 0.05) is 23.4 Å². The summed E-state index contributed by atoms with van der Waals surface area (Å²) in [6.45, 7) is 1.21. The van der Waals surface area contributed by atoms with E-state index in [1.165, 1.54) is 5.56 Å². The first kappa shape index (κ1) is 19.2. The first-order valence-electron chi connectivity index (χ1n) is 9.38. The number of carbonyl (C=O) groups is 1. The Bertz CT molecular complexity index is 1110. The summed E-state index contributed by atoms with van der Waals surface area (Å²) < 4.78 is 2.69. The van der Waals surface area contributed by atoms with Gasteiger partial charge >= 0.3 is 0 Å². The number of amides is 1. The molecule has 0 fully saturated rings. The third-order valence-electron chi connectivity index (χ3n) is 4.74. The summed E-state index contributed by atoms with van der Waals surface area (Å²) in [6.07, 6.45) is 3.74. The van der Waals surface area contributed by atoms with E-state index in [0.29, 0.717) is 12.1 Å². The molecule has 0 aliphatic carbocycles. The van der Waals surface area contributed by atoms with Crippen molar-refractivity contribution in [2.24, 2.45) is 0 Å². The summed E-state index contributed by atoms with van der Waals surface area (Å²) in [5.74, 6) is -0.0955. The second-order valence-corrected chi connectivity index (χ2v) is 7.57. The Morgan fingerprint density at radius 1 is 0.931 bits per heavy atom. The lowest BCUT2D eigenvalue weighted by molar-refractivity contribution is 0.0950. The van der Waals surface area contributed by atoms with E-state index in [2.05, 4.69) is 56.7 Å². The van der Waals surface area contributed by atoms with Crippen LogP contribution in [0.15, 0.2) is 95.7 Å². The van der Waals surface area contributed by atoms with Gasteiger partial charge < -0.3 is 5.32 Å². The Morgan fingerprint density at radius 3 is 2.45 bits per heavy atom. The molecule has 5 heteroatoms. The van der Waals surface area contributed by atoms with Crippen LogP contribution in [0.25, 0.3) is 11.1 Å². The van der Waals surface area contributed by atoms with E-state index < -0.39 is 0 Å². The van der Waals surface area contributed by atoms with Crippen LogP contribution in [0.1, 0.15) is 21.5 Å². The quantitative estimate of drug-likeness (QED) is 0.438. The summed E-state index contributed by atoms with van der Waals surface area (Å²) in [7, 11) is 0. The van der Waals surface area contributed by atoms with Crippen LogP contribution >= 0.6 is 15.9 Å².